The van der Waals surface area contributed by atoms with Crippen LogP contribution >= 0.6 is 24.0 Å². The zero-order valence-corrected chi connectivity index (χ0v) is 21.8. The first kappa shape index (κ1) is 28.6. The summed E-state index contributed by atoms with van der Waals surface area (Å²) in [6.07, 6.45) is -0.542. The molecule has 1 aliphatic heterocycles. The minimum absolute atomic E-state index is 0. The molecule has 200 valence electrons. The van der Waals surface area contributed by atoms with Gasteiger partial charge in [0.1, 0.15) is 11.5 Å². The van der Waals surface area contributed by atoms with Crippen molar-refractivity contribution in [2.45, 2.75) is 25.2 Å². The molecule has 3 aromatic rings. The lowest BCUT2D eigenvalue weighted by Crippen LogP contribution is -2.55. The number of ether oxygens (including phenoxy) is 1. The van der Waals surface area contributed by atoms with Crippen LogP contribution in [0.15, 0.2) is 48.8 Å². The van der Waals surface area contributed by atoms with E-state index in [4.69, 9.17) is 16.3 Å². The molecule has 0 saturated carbocycles. The summed E-state index contributed by atoms with van der Waals surface area (Å²) in [6.45, 7) is 1.97. The number of phenols is 1. The number of alkyl halides is 3. The highest BCUT2D eigenvalue weighted by molar-refractivity contribution is 6.32. The van der Waals surface area contributed by atoms with Crippen LogP contribution in [-0.4, -0.2) is 63.4 Å². The molecule has 1 atom stereocenters. The van der Waals surface area contributed by atoms with E-state index in [9.17, 15) is 23.1 Å². The number of amides is 1. The highest BCUT2D eigenvalue weighted by atomic mass is 35.5. The van der Waals surface area contributed by atoms with Gasteiger partial charge in [-0.3, -0.25) is 14.4 Å². The van der Waals surface area contributed by atoms with Crippen molar-refractivity contribution in [3.63, 3.8) is 0 Å². The van der Waals surface area contributed by atoms with Gasteiger partial charge in [-0.25, -0.2) is 0 Å². The zero-order chi connectivity index (χ0) is 26.0. The molecule has 7 nitrogen and oxygen atoms in total. The van der Waals surface area contributed by atoms with Crippen LogP contribution in [0.1, 0.15) is 27.0 Å². The highest BCUT2D eigenvalue weighted by Crippen LogP contribution is 2.33. The molecule has 2 heterocycles. The van der Waals surface area contributed by atoms with Gasteiger partial charge in [0.05, 0.1) is 23.9 Å². The van der Waals surface area contributed by atoms with Gasteiger partial charge in [0.25, 0.3) is 5.91 Å². The van der Waals surface area contributed by atoms with E-state index in [2.05, 4.69) is 10.00 Å². The number of hydrogen-bond donors (Lipinski definition) is 1. The Hall–Kier alpha value is -2.95. The lowest BCUT2D eigenvalue weighted by Gasteiger charge is -2.41. The predicted molar refractivity (Wildman–Crippen MR) is 135 cm³/mol. The van der Waals surface area contributed by atoms with Gasteiger partial charge in [-0.05, 0) is 42.3 Å². The maximum atomic E-state index is 13.5. The number of phenolic OH excluding ortho intramolecular Hbond substituents is 1. The van der Waals surface area contributed by atoms with Crippen molar-refractivity contribution < 1.29 is 27.8 Å². The number of rotatable bonds is 6. The number of nitrogens with zero attached hydrogens (tertiary/aromatic N) is 4. The second kappa shape index (κ2) is 11.6. The van der Waals surface area contributed by atoms with Gasteiger partial charge in [-0.1, -0.05) is 17.7 Å². The van der Waals surface area contributed by atoms with Gasteiger partial charge in [0.15, 0.2) is 0 Å². The number of benzene rings is 2. The lowest BCUT2D eigenvalue weighted by molar-refractivity contribution is -0.137. The Kier molecular flexibility index (Phi) is 8.99. The first-order chi connectivity index (χ1) is 17.0. The summed E-state index contributed by atoms with van der Waals surface area (Å²) in [7, 11) is 3.09. The normalized spacial score (nSPS) is 16.4. The summed E-state index contributed by atoms with van der Waals surface area (Å²) >= 11 is 5.94. The predicted octanol–water partition coefficient (Wildman–Crippen LogP) is 4.80. The molecule has 1 amide bonds. The molecule has 1 aromatic heterocycles. The molecule has 1 aliphatic rings. The second-order valence-electron chi connectivity index (χ2n) is 8.85. The number of piperazine rings is 1. The second-order valence-corrected chi connectivity index (χ2v) is 9.25. The average Bonchev–Trinajstić information content (AvgIpc) is 3.24. The number of carbonyl (C=O) groups is 1. The lowest BCUT2D eigenvalue weighted by atomic mass is 9.99. The van der Waals surface area contributed by atoms with Crippen molar-refractivity contribution in [1.82, 2.24) is 19.6 Å². The smallest absolute Gasteiger partial charge is 0.416 e. The number of aromatic nitrogens is 2. The van der Waals surface area contributed by atoms with Gasteiger partial charge in [0, 0.05) is 56.6 Å². The largest absolute Gasteiger partial charge is 0.506 e. The van der Waals surface area contributed by atoms with Crippen LogP contribution < -0.4 is 4.74 Å². The van der Waals surface area contributed by atoms with Gasteiger partial charge < -0.3 is 14.7 Å². The Morgan fingerprint density at radius 2 is 1.95 bits per heavy atom. The van der Waals surface area contributed by atoms with E-state index < -0.39 is 17.6 Å². The molecule has 0 radical (unpaired) electrons. The number of carbonyl (C=O) groups excluding carboxylic acids is 1. The molecular weight excluding hydrogens is 532 g/mol. The Bertz CT molecular complexity index is 1250. The Morgan fingerprint density at radius 1 is 1.19 bits per heavy atom. The van der Waals surface area contributed by atoms with Gasteiger partial charge >= 0.3 is 6.18 Å². The van der Waals surface area contributed by atoms with Crippen molar-refractivity contribution in [2.75, 3.05) is 26.7 Å². The van der Waals surface area contributed by atoms with E-state index in [-0.39, 0.29) is 40.5 Å². The Labute approximate surface area is 223 Å². The maximum absolute atomic E-state index is 13.5. The summed E-state index contributed by atoms with van der Waals surface area (Å²) in [5.41, 5.74) is 0.734. The van der Waals surface area contributed by atoms with Gasteiger partial charge in [-0.15, -0.1) is 12.4 Å². The van der Waals surface area contributed by atoms with E-state index in [1.54, 1.807) is 34.0 Å². The topological polar surface area (TPSA) is 70.8 Å². The number of hydrogen-bond acceptors (Lipinski definition) is 5. The molecule has 2 aromatic carbocycles. The zero-order valence-electron chi connectivity index (χ0n) is 20.2. The third-order valence-corrected chi connectivity index (χ3v) is 6.51. The standard InChI is InChI=1S/C25H26ClF3N4O3.ClH/c1-31-13-17(12-30-31)14-32-5-6-33(20(15-32)7-16-3-4-22(26)23(34)8-16)24(35)18-9-19(25(27,28)29)11-21(10-18)36-2;/h3-4,8-13,20,34H,5-7,14-15H2,1-2H3;1H/t20-;/m1./s1. The number of aromatic hydroxyl groups is 1. The van der Waals surface area contributed by atoms with Crippen molar-refractivity contribution >= 4 is 29.9 Å². The SMILES string of the molecule is COc1cc(C(=O)N2CCN(Cc3cnn(C)c3)C[C@H]2Cc2ccc(Cl)c(O)c2)cc(C(F)(F)F)c1.Cl. The fourth-order valence-electron chi connectivity index (χ4n) is 4.44. The number of methoxy groups -OCH3 is 1. The minimum atomic E-state index is -4.62. The van der Waals surface area contributed by atoms with Crippen LogP contribution in [-0.2, 0) is 26.2 Å². The molecule has 1 saturated heterocycles. The fourth-order valence-corrected chi connectivity index (χ4v) is 4.56. The molecular formula is C25H27Cl2F3N4O3. The monoisotopic (exact) mass is 558 g/mol. The van der Waals surface area contributed by atoms with Crippen molar-refractivity contribution in [2.24, 2.45) is 7.05 Å². The van der Waals surface area contributed by atoms with Crippen LogP contribution in [0.3, 0.4) is 0 Å². The van der Waals surface area contributed by atoms with Crippen LogP contribution in [0.5, 0.6) is 11.5 Å². The number of halogens is 5. The molecule has 0 spiro atoms. The molecule has 4 rings (SSSR count). The van der Waals surface area contributed by atoms with Crippen LogP contribution in [0.2, 0.25) is 5.02 Å². The van der Waals surface area contributed by atoms with Crippen LogP contribution in [0, 0.1) is 0 Å². The van der Waals surface area contributed by atoms with E-state index >= 15 is 0 Å². The maximum Gasteiger partial charge on any atom is 0.416 e. The third kappa shape index (κ3) is 6.88. The average molecular weight is 559 g/mol. The Morgan fingerprint density at radius 3 is 2.57 bits per heavy atom. The van der Waals surface area contributed by atoms with Crippen molar-refractivity contribution in [3.05, 3.63) is 76.1 Å². The molecule has 0 unspecified atom stereocenters. The third-order valence-electron chi connectivity index (χ3n) is 6.19. The van der Waals surface area contributed by atoms with Crippen LogP contribution in [0.25, 0.3) is 0 Å². The van der Waals surface area contributed by atoms with Gasteiger partial charge in [0.2, 0.25) is 0 Å². The number of aryl methyl sites for hydroxylation is 1. The quantitative estimate of drug-likeness (QED) is 0.470. The van der Waals surface area contributed by atoms with E-state index in [0.717, 1.165) is 23.3 Å². The summed E-state index contributed by atoms with van der Waals surface area (Å²) in [5, 5.41) is 14.5. The molecule has 37 heavy (non-hydrogen) atoms. The molecule has 0 aliphatic carbocycles. The van der Waals surface area contributed by atoms with E-state index in [0.29, 0.717) is 32.6 Å². The highest BCUT2D eigenvalue weighted by Gasteiger charge is 2.35. The molecule has 1 N–H and O–H groups in total. The molecule has 0 bridgehead atoms. The first-order valence-electron chi connectivity index (χ1n) is 11.3. The van der Waals surface area contributed by atoms with Crippen LogP contribution in [0.4, 0.5) is 13.2 Å². The van der Waals surface area contributed by atoms with Gasteiger partial charge in [-0.2, -0.15) is 18.3 Å². The van der Waals surface area contributed by atoms with Crippen molar-refractivity contribution in [3.8, 4) is 11.5 Å². The summed E-state index contributed by atoms with van der Waals surface area (Å²) in [4.78, 5) is 17.3. The van der Waals surface area contributed by atoms with E-state index in [1.165, 1.54) is 13.2 Å². The summed E-state index contributed by atoms with van der Waals surface area (Å²) in [6, 6.07) is 7.58. The minimum Gasteiger partial charge on any atom is -0.506 e. The molecule has 12 heteroatoms. The van der Waals surface area contributed by atoms with E-state index in [1.807, 2.05) is 13.2 Å². The summed E-state index contributed by atoms with van der Waals surface area (Å²) in [5.74, 6) is -0.621. The first-order valence-corrected chi connectivity index (χ1v) is 11.7. The molecule has 1 fully saturated rings. The summed E-state index contributed by atoms with van der Waals surface area (Å²) < 4.78 is 47.1. The van der Waals surface area contributed by atoms with Crippen molar-refractivity contribution in [1.29, 1.82) is 0 Å². The fraction of sp³-hybridized carbons (Fsp3) is 0.360. The Balaban J connectivity index is 0.00000380.